The van der Waals surface area contributed by atoms with Crippen LogP contribution in [0.2, 0.25) is 0 Å². The third-order valence-electron chi connectivity index (χ3n) is 1.20. The zero-order valence-electron chi connectivity index (χ0n) is 5.79. The molecule has 0 fully saturated rings. The summed E-state index contributed by atoms with van der Waals surface area (Å²) in [5.41, 5.74) is 1.07. The molecule has 0 atom stereocenters. The van der Waals surface area contributed by atoms with Crippen molar-refractivity contribution in [3.8, 4) is 6.07 Å². The lowest BCUT2D eigenvalue weighted by Gasteiger charge is -1.91. The zero-order valence-corrected chi connectivity index (χ0v) is 7.95. The molecule has 0 N–H and O–H groups in total. The predicted molar refractivity (Wildman–Crippen MR) is 53.8 cm³/mol. The van der Waals surface area contributed by atoms with E-state index in [9.17, 15) is 0 Å². The molecule has 0 aliphatic carbocycles. The van der Waals surface area contributed by atoms with E-state index < -0.39 is 0 Å². The third kappa shape index (κ3) is 2.72. The highest BCUT2D eigenvalue weighted by Crippen LogP contribution is 2.08. The summed E-state index contributed by atoms with van der Waals surface area (Å²) in [4.78, 5) is 0. The van der Waals surface area contributed by atoms with E-state index in [0.717, 1.165) is 5.56 Å². The number of nitriles is 1. The van der Waals surface area contributed by atoms with Gasteiger partial charge in [-0.15, -0.1) is 0 Å². The molecule has 0 aromatic heterocycles. The van der Waals surface area contributed by atoms with Crippen LogP contribution >= 0.6 is 22.6 Å². The van der Waals surface area contributed by atoms with E-state index in [1.165, 1.54) is 9.65 Å². The molecule has 0 bridgehead atoms. The lowest BCUT2D eigenvalue weighted by atomic mass is 10.2. The molecule has 1 rings (SSSR count). The summed E-state index contributed by atoms with van der Waals surface area (Å²) in [6.07, 6.45) is 3.27. The molecule has 0 saturated carbocycles. The summed E-state index contributed by atoms with van der Waals surface area (Å²) in [7, 11) is 0. The molecule has 1 aromatic carbocycles. The van der Waals surface area contributed by atoms with Gasteiger partial charge in [0.05, 0.1) is 6.07 Å². The lowest BCUT2D eigenvalue weighted by Crippen LogP contribution is -1.72. The van der Waals surface area contributed by atoms with E-state index in [2.05, 4.69) is 22.6 Å². The minimum absolute atomic E-state index is 1.07. The number of hydrogen-bond donors (Lipinski definition) is 0. The van der Waals surface area contributed by atoms with E-state index in [0.29, 0.717) is 0 Å². The monoisotopic (exact) mass is 255 g/mol. The van der Waals surface area contributed by atoms with Crippen LogP contribution in [0.1, 0.15) is 5.56 Å². The highest BCUT2D eigenvalue weighted by atomic mass is 127. The standard InChI is InChI=1S/C9H6IN/c10-9-5-1-3-8(7-9)4-2-6-11/h1-5,7H/b4-2+. The highest BCUT2D eigenvalue weighted by molar-refractivity contribution is 14.1. The normalized spacial score (nSPS) is 9.82. The molecule has 1 nitrogen and oxygen atoms in total. The van der Waals surface area contributed by atoms with E-state index in [4.69, 9.17) is 5.26 Å². The van der Waals surface area contributed by atoms with Gasteiger partial charge in [0, 0.05) is 9.65 Å². The number of benzene rings is 1. The van der Waals surface area contributed by atoms with E-state index >= 15 is 0 Å². The van der Waals surface area contributed by atoms with Crippen LogP contribution in [0.5, 0.6) is 0 Å². The smallest absolute Gasteiger partial charge is 0.0912 e. The van der Waals surface area contributed by atoms with Gasteiger partial charge in [0.15, 0.2) is 0 Å². The van der Waals surface area contributed by atoms with Crippen molar-refractivity contribution < 1.29 is 0 Å². The summed E-state index contributed by atoms with van der Waals surface area (Å²) >= 11 is 2.24. The first kappa shape index (κ1) is 8.28. The van der Waals surface area contributed by atoms with Crippen molar-refractivity contribution in [1.29, 1.82) is 5.26 Å². The van der Waals surface area contributed by atoms with Gasteiger partial charge in [0.2, 0.25) is 0 Å². The van der Waals surface area contributed by atoms with Gasteiger partial charge in [-0.2, -0.15) is 5.26 Å². The van der Waals surface area contributed by atoms with Crippen molar-refractivity contribution in [1.82, 2.24) is 0 Å². The number of halogens is 1. The zero-order chi connectivity index (χ0) is 8.10. The Bertz CT molecular complexity index is 310. The lowest BCUT2D eigenvalue weighted by molar-refractivity contribution is 1.53. The Morgan fingerprint density at radius 3 is 2.91 bits per heavy atom. The van der Waals surface area contributed by atoms with Crippen LogP contribution in [0, 0.1) is 14.9 Å². The van der Waals surface area contributed by atoms with Crippen LogP contribution in [-0.4, -0.2) is 0 Å². The summed E-state index contributed by atoms with van der Waals surface area (Å²) < 4.78 is 1.18. The predicted octanol–water partition coefficient (Wildman–Crippen LogP) is 2.83. The van der Waals surface area contributed by atoms with Gasteiger partial charge in [0.25, 0.3) is 0 Å². The molecule has 54 valence electrons. The maximum Gasteiger partial charge on any atom is 0.0912 e. The third-order valence-corrected chi connectivity index (χ3v) is 1.87. The molecule has 0 radical (unpaired) electrons. The first-order valence-electron chi connectivity index (χ1n) is 3.14. The minimum Gasteiger partial charge on any atom is -0.193 e. The summed E-state index contributed by atoms with van der Waals surface area (Å²) in [6.45, 7) is 0. The Kier molecular flexibility index (Phi) is 3.12. The van der Waals surface area contributed by atoms with Gasteiger partial charge in [0.1, 0.15) is 0 Å². The van der Waals surface area contributed by atoms with Gasteiger partial charge >= 0.3 is 0 Å². The minimum atomic E-state index is 1.07. The van der Waals surface area contributed by atoms with Crippen molar-refractivity contribution in [3.05, 3.63) is 39.5 Å². The molecule has 0 spiro atoms. The van der Waals surface area contributed by atoms with E-state index in [-0.39, 0.29) is 0 Å². The van der Waals surface area contributed by atoms with Crippen molar-refractivity contribution in [3.63, 3.8) is 0 Å². The highest BCUT2D eigenvalue weighted by Gasteiger charge is 1.86. The topological polar surface area (TPSA) is 23.8 Å². The molecule has 0 aliphatic rings. The number of rotatable bonds is 1. The fraction of sp³-hybridized carbons (Fsp3) is 0. The average molecular weight is 255 g/mol. The summed E-state index contributed by atoms with van der Waals surface area (Å²) in [5.74, 6) is 0. The molecule has 1 aromatic rings. The molecule has 0 amide bonds. The number of allylic oxidation sites excluding steroid dienone is 1. The van der Waals surface area contributed by atoms with Crippen molar-refractivity contribution >= 4 is 28.7 Å². The van der Waals surface area contributed by atoms with Crippen molar-refractivity contribution in [2.75, 3.05) is 0 Å². The van der Waals surface area contributed by atoms with Crippen LogP contribution < -0.4 is 0 Å². The molecular formula is C9H6IN. The summed E-state index contributed by atoms with van der Waals surface area (Å²) in [6, 6.07) is 9.93. The van der Waals surface area contributed by atoms with Crippen LogP contribution in [0.25, 0.3) is 6.08 Å². The second-order valence-electron chi connectivity index (χ2n) is 2.02. The van der Waals surface area contributed by atoms with Crippen LogP contribution in [0.4, 0.5) is 0 Å². The second-order valence-corrected chi connectivity index (χ2v) is 3.26. The average Bonchev–Trinajstić information content (AvgIpc) is 2.01. The Morgan fingerprint density at radius 2 is 2.27 bits per heavy atom. The van der Waals surface area contributed by atoms with Crippen LogP contribution in [0.15, 0.2) is 30.3 Å². The Morgan fingerprint density at radius 1 is 1.45 bits per heavy atom. The quantitative estimate of drug-likeness (QED) is 0.559. The van der Waals surface area contributed by atoms with E-state index in [1.54, 1.807) is 6.08 Å². The molecule has 0 heterocycles. The fourth-order valence-corrected chi connectivity index (χ4v) is 1.31. The van der Waals surface area contributed by atoms with Crippen molar-refractivity contribution in [2.24, 2.45) is 0 Å². The van der Waals surface area contributed by atoms with Crippen LogP contribution in [0.3, 0.4) is 0 Å². The SMILES string of the molecule is N#C/C=C/c1cccc(I)c1. The van der Waals surface area contributed by atoms with Crippen LogP contribution in [-0.2, 0) is 0 Å². The Hall–Kier alpha value is -0.820. The first-order valence-corrected chi connectivity index (χ1v) is 4.22. The maximum atomic E-state index is 8.26. The molecule has 0 aliphatic heterocycles. The Labute approximate surface area is 79.5 Å². The molecular weight excluding hydrogens is 249 g/mol. The number of nitrogens with zero attached hydrogens (tertiary/aromatic N) is 1. The first-order chi connectivity index (χ1) is 5.33. The van der Waals surface area contributed by atoms with Gasteiger partial charge in [-0.1, -0.05) is 12.1 Å². The molecule has 0 saturated heterocycles. The number of hydrogen-bond acceptors (Lipinski definition) is 1. The largest absolute Gasteiger partial charge is 0.193 e. The van der Waals surface area contributed by atoms with Crippen molar-refractivity contribution in [2.45, 2.75) is 0 Å². The van der Waals surface area contributed by atoms with Gasteiger partial charge in [-0.25, -0.2) is 0 Å². The van der Waals surface area contributed by atoms with E-state index in [1.807, 2.05) is 30.3 Å². The van der Waals surface area contributed by atoms with Gasteiger partial charge in [-0.3, -0.25) is 0 Å². The second kappa shape index (κ2) is 4.14. The Balaban J connectivity index is 2.90. The maximum absolute atomic E-state index is 8.26. The summed E-state index contributed by atoms with van der Waals surface area (Å²) in [5, 5.41) is 8.26. The molecule has 2 heteroatoms. The molecule has 11 heavy (non-hydrogen) atoms. The van der Waals surface area contributed by atoms with Gasteiger partial charge < -0.3 is 0 Å². The fourth-order valence-electron chi connectivity index (χ4n) is 0.744. The van der Waals surface area contributed by atoms with Gasteiger partial charge in [-0.05, 0) is 46.4 Å². The molecule has 0 unspecified atom stereocenters.